The molecule has 1 aromatic heterocycles. The first-order chi connectivity index (χ1) is 7.75. The van der Waals surface area contributed by atoms with E-state index in [1.165, 1.54) is 30.6 Å². The molecular weight excluding hydrogens is 238 g/mol. The van der Waals surface area contributed by atoms with E-state index >= 15 is 0 Å². The van der Waals surface area contributed by atoms with Gasteiger partial charge in [-0.05, 0) is 36.9 Å². The van der Waals surface area contributed by atoms with E-state index in [9.17, 15) is 0 Å². The topological polar surface area (TPSA) is 12.0 Å². The molecule has 0 amide bonds. The first-order valence-electron chi connectivity index (χ1n) is 6.20. The van der Waals surface area contributed by atoms with Gasteiger partial charge in [-0.3, -0.25) is 0 Å². The Morgan fingerprint density at radius 1 is 1.38 bits per heavy atom. The van der Waals surface area contributed by atoms with Crippen LogP contribution in [0.4, 0.5) is 0 Å². The van der Waals surface area contributed by atoms with Crippen LogP contribution in [0.15, 0.2) is 12.1 Å². The molecule has 1 fully saturated rings. The molecule has 0 bridgehead atoms. The molecule has 0 spiro atoms. The minimum atomic E-state index is 0.879. The third-order valence-electron chi connectivity index (χ3n) is 3.62. The maximum absolute atomic E-state index is 5.90. The van der Waals surface area contributed by atoms with E-state index in [1.807, 2.05) is 6.07 Å². The largest absolute Gasteiger partial charge is 0.312 e. The van der Waals surface area contributed by atoms with Crippen molar-refractivity contribution in [2.45, 2.75) is 39.2 Å². The molecule has 0 aromatic carbocycles. The zero-order chi connectivity index (χ0) is 11.4. The van der Waals surface area contributed by atoms with Crippen molar-refractivity contribution < 1.29 is 0 Å². The van der Waals surface area contributed by atoms with Crippen LogP contribution in [0, 0.1) is 11.8 Å². The van der Waals surface area contributed by atoms with Crippen LogP contribution in [0.3, 0.4) is 0 Å². The van der Waals surface area contributed by atoms with Crippen molar-refractivity contribution in [1.29, 1.82) is 0 Å². The van der Waals surface area contributed by atoms with Crippen molar-refractivity contribution in [3.63, 3.8) is 0 Å². The zero-order valence-corrected chi connectivity index (χ0v) is 11.4. The van der Waals surface area contributed by atoms with E-state index in [2.05, 4.69) is 18.3 Å². The number of rotatable bonds is 4. The number of nitrogens with one attached hydrogen (secondary N) is 1. The summed E-state index contributed by atoms with van der Waals surface area (Å²) in [6, 6.07) is 4.09. The van der Waals surface area contributed by atoms with Gasteiger partial charge in [0.25, 0.3) is 0 Å². The summed E-state index contributed by atoms with van der Waals surface area (Å²) >= 11 is 7.58. The molecule has 2 atom stereocenters. The Morgan fingerprint density at radius 3 is 2.88 bits per heavy atom. The van der Waals surface area contributed by atoms with Gasteiger partial charge in [-0.15, -0.1) is 11.3 Å². The summed E-state index contributed by atoms with van der Waals surface area (Å²) in [6.45, 7) is 4.53. The summed E-state index contributed by atoms with van der Waals surface area (Å²) in [6.07, 6.45) is 5.66. The summed E-state index contributed by atoms with van der Waals surface area (Å²) in [5.74, 6) is 1.78. The number of hydrogen-bond acceptors (Lipinski definition) is 2. The molecule has 0 aliphatic heterocycles. The number of halogens is 1. The van der Waals surface area contributed by atoms with Crippen molar-refractivity contribution in [2.24, 2.45) is 11.8 Å². The van der Waals surface area contributed by atoms with Crippen LogP contribution in [-0.4, -0.2) is 6.54 Å². The van der Waals surface area contributed by atoms with Gasteiger partial charge in [0.05, 0.1) is 4.34 Å². The summed E-state index contributed by atoms with van der Waals surface area (Å²) < 4.78 is 0.892. The van der Waals surface area contributed by atoms with E-state index in [-0.39, 0.29) is 0 Å². The highest BCUT2D eigenvalue weighted by molar-refractivity contribution is 7.16. The highest BCUT2D eigenvalue weighted by atomic mass is 35.5. The molecule has 1 heterocycles. The van der Waals surface area contributed by atoms with E-state index in [0.29, 0.717) is 0 Å². The molecule has 1 aliphatic rings. The van der Waals surface area contributed by atoms with Crippen molar-refractivity contribution in [1.82, 2.24) is 5.32 Å². The second kappa shape index (κ2) is 6.04. The van der Waals surface area contributed by atoms with E-state index < -0.39 is 0 Å². The lowest BCUT2D eigenvalue weighted by Crippen LogP contribution is -2.28. The molecule has 1 N–H and O–H groups in total. The van der Waals surface area contributed by atoms with E-state index in [0.717, 1.165) is 29.3 Å². The second-order valence-corrected chi connectivity index (χ2v) is 6.66. The molecule has 0 saturated heterocycles. The van der Waals surface area contributed by atoms with Crippen molar-refractivity contribution in [2.75, 3.05) is 6.54 Å². The third-order valence-corrected chi connectivity index (χ3v) is 4.85. The Balaban J connectivity index is 1.71. The second-order valence-electron chi connectivity index (χ2n) is 4.86. The molecule has 2 unspecified atom stereocenters. The lowest BCUT2D eigenvalue weighted by atomic mass is 9.80. The molecule has 3 heteroatoms. The Kier molecular flexibility index (Phi) is 4.68. The van der Waals surface area contributed by atoms with Gasteiger partial charge >= 0.3 is 0 Å². The Hall–Kier alpha value is -0.0500. The molecule has 1 nitrogen and oxygen atoms in total. The average Bonchev–Trinajstić information content (AvgIpc) is 2.67. The number of thiophene rings is 1. The lowest BCUT2D eigenvalue weighted by Gasteiger charge is -2.28. The summed E-state index contributed by atoms with van der Waals surface area (Å²) in [7, 11) is 0. The molecule has 0 radical (unpaired) electrons. The van der Waals surface area contributed by atoms with E-state index in [4.69, 9.17) is 11.6 Å². The fourth-order valence-corrected chi connectivity index (χ4v) is 3.58. The molecule has 1 aromatic rings. The van der Waals surface area contributed by atoms with Gasteiger partial charge in [-0.2, -0.15) is 0 Å². The Morgan fingerprint density at radius 2 is 2.19 bits per heavy atom. The van der Waals surface area contributed by atoms with E-state index in [1.54, 1.807) is 11.3 Å². The molecule has 90 valence electrons. The van der Waals surface area contributed by atoms with Gasteiger partial charge in [0.1, 0.15) is 0 Å². The predicted octanol–water partition coefficient (Wildman–Crippen LogP) is 4.32. The lowest BCUT2D eigenvalue weighted by molar-refractivity contribution is 0.248. The first-order valence-corrected chi connectivity index (χ1v) is 7.40. The molecule has 16 heavy (non-hydrogen) atoms. The smallest absolute Gasteiger partial charge is 0.0931 e. The van der Waals surface area contributed by atoms with Crippen molar-refractivity contribution in [3.05, 3.63) is 21.3 Å². The van der Waals surface area contributed by atoms with Gasteiger partial charge in [0, 0.05) is 11.4 Å². The summed E-state index contributed by atoms with van der Waals surface area (Å²) in [5, 5.41) is 3.57. The molecule has 1 saturated carbocycles. The minimum absolute atomic E-state index is 0.879. The fraction of sp³-hybridized carbons (Fsp3) is 0.692. The van der Waals surface area contributed by atoms with Crippen LogP contribution in [-0.2, 0) is 6.54 Å². The Bertz CT molecular complexity index is 323. The normalized spacial score (nSPS) is 25.9. The first kappa shape index (κ1) is 12.4. The number of hydrogen-bond donors (Lipinski definition) is 1. The molecule has 1 aliphatic carbocycles. The summed E-state index contributed by atoms with van der Waals surface area (Å²) in [4.78, 5) is 1.34. The summed E-state index contributed by atoms with van der Waals surface area (Å²) in [5.41, 5.74) is 0. The molecular formula is C13H20ClNS. The quantitative estimate of drug-likeness (QED) is 0.847. The van der Waals surface area contributed by atoms with Crippen LogP contribution < -0.4 is 5.32 Å². The average molecular weight is 258 g/mol. The van der Waals surface area contributed by atoms with Crippen molar-refractivity contribution in [3.8, 4) is 0 Å². The van der Waals surface area contributed by atoms with Crippen molar-refractivity contribution >= 4 is 22.9 Å². The standard InChI is InChI=1S/C13H20ClNS/c1-10-4-2-3-5-11(10)8-15-9-12-6-7-13(14)16-12/h6-7,10-11,15H,2-5,8-9H2,1H3. The van der Waals surface area contributed by atoms with Crippen LogP contribution in [0.1, 0.15) is 37.5 Å². The minimum Gasteiger partial charge on any atom is -0.312 e. The highest BCUT2D eigenvalue weighted by Gasteiger charge is 2.20. The van der Waals surface area contributed by atoms with Crippen LogP contribution in [0.2, 0.25) is 4.34 Å². The van der Waals surface area contributed by atoms with Crippen LogP contribution in [0.25, 0.3) is 0 Å². The van der Waals surface area contributed by atoms with Gasteiger partial charge in [-0.25, -0.2) is 0 Å². The van der Waals surface area contributed by atoms with Crippen LogP contribution in [0.5, 0.6) is 0 Å². The third kappa shape index (κ3) is 3.47. The molecule has 2 rings (SSSR count). The van der Waals surface area contributed by atoms with Gasteiger partial charge in [0.15, 0.2) is 0 Å². The van der Waals surface area contributed by atoms with Crippen LogP contribution >= 0.6 is 22.9 Å². The van der Waals surface area contributed by atoms with Gasteiger partial charge in [-0.1, -0.05) is 37.8 Å². The Labute approximate surface area is 107 Å². The monoisotopic (exact) mass is 257 g/mol. The fourth-order valence-electron chi connectivity index (χ4n) is 2.52. The predicted molar refractivity (Wildman–Crippen MR) is 72.2 cm³/mol. The maximum atomic E-state index is 5.90. The highest BCUT2D eigenvalue weighted by Crippen LogP contribution is 2.29. The SMILES string of the molecule is CC1CCCCC1CNCc1ccc(Cl)s1. The zero-order valence-electron chi connectivity index (χ0n) is 9.84. The maximum Gasteiger partial charge on any atom is 0.0931 e. The van der Waals surface area contributed by atoms with Gasteiger partial charge < -0.3 is 5.32 Å². The van der Waals surface area contributed by atoms with Gasteiger partial charge in [0.2, 0.25) is 0 Å².